The molecule has 0 radical (unpaired) electrons. The zero-order chi connectivity index (χ0) is 16.1. The molecule has 1 aromatic carbocycles. The highest BCUT2D eigenvalue weighted by Gasteiger charge is 2.48. The summed E-state index contributed by atoms with van der Waals surface area (Å²) in [5.41, 5.74) is -5.13. The third kappa shape index (κ3) is 2.74. The van der Waals surface area contributed by atoms with Crippen molar-refractivity contribution in [3.05, 3.63) is 24.3 Å². The first kappa shape index (κ1) is 16.1. The fraction of sp³-hybridized carbons (Fsp3) is 0.538. The van der Waals surface area contributed by atoms with Crippen LogP contribution in [-0.2, 0) is 9.84 Å². The highest BCUT2D eigenvalue weighted by Crippen LogP contribution is 2.42. The third-order valence-electron chi connectivity index (χ3n) is 4.03. The van der Waals surface area contributed by atoms with Crippen LogP contribution in [0.2, 0.25) is 0 Å². The molecule has 0 spiro atoms. The summed E-state index contributed by atoms with van der Waals surface area (Å²) in [4.78, 5) is -0.784. The number of halogens is 3. The first-order valence-corrected chi connectivity index (χ1v) is 7.80. The Morgan fingerprint density at radius 3 is 2.14 bits per heavy atom. The van der Waals surface area contributed by atoms with Gasteiger partial charge in [-0.25, -0.2) is 8.42 Å². The Morgan fingerprint density at radius 1 is 1.24 bits per heavy atom. The molecular weight excluding hydrogens is 307 g/mol. The number of sulfone groups is 1. The predicted molar refractivity (Wildman–Crippen MR) is 71.5 cm³/mol. The van der Waals surface area contributed by atoms with Gasteiger partial charge < -0.3 is 10.4 Å². The van der Waals surface area contributed by atoms with E-state index in [0.29, 0.717) is 12.1 Å². The van der Waals surface area contributed by atoms with Crippen molar-refractivity contribution in [2.75, 3.05) is 5.32 Å². The highest BCUT2D eigenvalue weighted by atomic mass is 32.2. The molecule has 0 heterocycles. The van der Waals surface area contributed by atoms with Crippen LogP contribution in [0.1, 0.15) is 20.3 Å². The molecule has 0 aromatic heterocycles. The van der Waals surface area contributed by atoms with Gasteiger partial charge in [0.2, 0.25) is 0 Å². The molecule has 0 saturated heterocycles. The van der Waals surface area contributed by atoms with E-state index in [-0.39, 0.29) is 11.5 Å². The maximum Gasteiger partial charge on any atom is 0.501 e. The van der Waals surface area contributed by atoms with Gasteiger partial charge in [-0.1, -0.05) is 13.8 Å². The molecule has 1 aromatic rings. The lowest BCUT2D eigenvalue weighted by molar-refractivity contribution is -0.0510. The number of anilines is 1. The molecule has 0 bridgehead atoms. The van der Waals surface area contributed by atoms with Crippen molar-refractivity contribution in [1.29, 1.82) is 0 Å². The van der Waals surface area contributed by atoms with Crippen LogP contribution in [0.25, 0.3) is 0 Å². The number of aliphatic hydroxyl groups is 1. The Morgan fingerprint density at radius 2 is 1.76 bits per heavy atom. The van der Waals surface area contributed by atoms with E-state index in [2.05, 4.69) is 5.32 Å². The van der Waals surface area contributed by atoms with Crippen molar-refractivity contribution in [3.63, 3.8) is 0 Å². The lowest BCUT2D eigenvalue weighted by Gasteiger charge is -2.49. The molecule has 2 N–H and O–H groups in total. The molecule has 0 amide bonds. The minimum atomic E-state index is -5.31. The second kappa shape index (κ2) is 4.88. The van der Waals surface area contributed by atoms with Gasteiger partial charge in [-0.2, -0.15) is 13.2 Å². The van der Waals surface area contributed by atoms with Gasteiger partial charge in [-0.05, 0) is 30.7 Å². The maximum absolute atomic E-state index is 12.4. The Hall–Kier alpha value is -1.28. The van der Waals surface area contributed by atoms with Crippen molar-refractivity contribution in [3.8, 4) is 0 Å². The van der Waals surface area contributed by atoms with Gasteiger partial charge in [0.15, 0.2) is 0 Å². The summed E-state index contributed by atoms with van der Waals surface area (Å²) < 4.78 is 59.7. The van der Waals surface area contributed by atoms with Crippen LogP contribution >= 0.6 is 0 Å². The zero-order valence-corrected chi connectivity index (χ0v) is 12.3. The summed E-state index contributed by atoms with van der Waals surface area (Å²) in [6.07, 6.45) is 0.107. The van der Waals surface area contributed by atoms with E-state index in [4.69, 9.17) is 0 Å². The number of aliphatic hydroxyl groups excluding tert-OH is 1. The van der Waals surface area contributed by atoms with Crippen LogP contribution in [0.15, 0.2) is 29.2 Å². The number of benzene rings is 1. The molecule has 8 heteroatoms. The first-order valence-electron chi connectivity index (χ1n) is 6.32. The number of hydrogen-bond donors (Lipinski definition) is 2. The van der Waals surface area contributed by atoms with E-state index in [1.165, 1.54) is 12.1 Å². The predicted octanol–water partition coefficient (Wildman–Crippen LogP) is 2.55. The van der Waals surface area contributed by atoms with Crippen molar-refractivity contribution in [2.24, 2.45) is 5.41 Å². The van der Waals surface area contributed by atoms with Gasteiger partial charge in [0, 0.05) is 17.1 Å². The van der Waals surface area contributed by atoms with E-state index in [1.807, 2.05) is 13.8 Å². The quantitative estimate of drug-likeness (QED) is 0.897. The molecule has 1 fully saturated rings. The molecule has 4 nitrogen and oxygen atoms in total. The third-order valence-corrected chi connectivity index (χ3v) is 5.53. The number of rotatable bonds is 3. The molecule has 2 rings (SSSR count). The molecule has 1 saturated carbocycles. The Bertz CT molecular complexity index is 623. The second-order valence-electron chi connectivity index (χ2n) is 5.74. The van der Waals surface area contributed by atoms with E-state index in [9.17, 15) is 26.7 Å². The summed E-state index contributed by atoms with van der Waals surface area (Å²) in [5.74, 6) is 0. The standard InChI is InChI=1S/C13H16F3NO3S/c1-12(2)10(7-11(12)18)17-8-3-5-9(6-4-8)21(19,20)13(14,15)16/h3-6,10-11,17-18H,7H2,1-2H3. The van der Waals surface area contributed by atoms with Gasteiger partial charge in [-0.3, -0.25) is 0 Å². The van der Waals surface area contributed by atoms with Crippen molar-refractivity contribution in [1.82, 2.24) is 0 Å². The van der Waals surface area contributed by atoms with Crippen LogP contribution < -0.4 is 5.32 Å². The van der Waals surface area contributed by atoms with Crippen LogP contribution in [0, 0.1) is 5.41 Å². The Balaban J connectivity index is 2.14. The average Bonchev–Trinajstić information content (AvgIpc) is 2.37. The summed E-state index contributed by atoms with van der Waals surface area (Å²) >= 11 is 0. The number of hydrogen-bond acceptors (Lipinski definition) is 4. The highest BCUT2D eigenvalue weighted by molar-refractivity contribution is 7.92. The van der Waals surface area contributed by atoms with Gasteiger partial charge in [0.05, 0.1) is 11.0 Å². The fourth-order valence-electron chi connectivity index (χ4n) is 2.21. The number of nitrogens with one attached hydrogen (secondary N) is 1. The van der Waals surface area contributed by atoms with Gasteiger partial charge >= 0.3 is 5.51 Å². The van der Waals surface area contributed by atoms with Gasteiger partial charge in [-0.15, -0.1) is 0 Å². The van der Waals surface area contributed by atoms with E-state index in [0.717, 1.165) is 12.1 Å². The monoisotopic (exact) mass is 323 g/mol. The minimum absolute atomic E-state index is 0.0161. The molecule has 1 aliphatic rings. The zero-order valence-electron chi connectivity index (χ0n) is 11.5. The molecular formula is C13H16F3NO3S. The van der Waals surface area contributed by atoms with Gasteiger partial charge in [0.1, 0.15) is 0 Å². The van der Waals surface area contributed by atoms with Crippen LogP contribution in [-0.4, -0.2) is 31.2 Å². The molecule has 2 unspecified atom stereocenters. The molecule has 118 valence electrons. The van der Waals surface area contributed by atoms with Crippen LogP contribution in [0.4, 0.5) is 18.9 Å². The van der Waals surface area contributed by atoms with Gasteiger partial charge in [0.25, 0.3) is 9.84 Å². The largest absolute Gasteiger partial charge is 0.501 e. The topological polar surface area (TPSA) is 66.4 Å². The Kier molecular flexibility index (Phi) is 3.74. The van der Waals surface area contributed by atoms with Crippen molar-refractivity contribution >= 4 is 15.5 Å². The van der Waals surface area contributed by atoms with Crippen molar-refractivity contribution < 1.29 is 26.7 Å². The lowest BCUT2D eigenvalue weighted by Crippen LogP contribution is -2.56. The smallest absolute Gasteiger partial charge is 0.392 e. The lowest BCUT2D eigenvalue weighted by atomic mass is 9.64. The van der Waals surface area contributed by atoms with Crippen LogP contribution in [0.3, 0.4) is 0 Å². The summed E-state index contributed by atoms with van der Waals surface area (Å²) in [6, 6.07) is 4.41. The second-order valence-corrected chi connectivity index (χ2v) is 7.68. The summed E-state index contributed by atoms with van der Waals surface area (Å²) in [7, 11) is -5.31. The normalized spacial score (nSPS) is 25.2. The minimum Gasteiger partial charge on any atom is -0.392 e. The van der Waals surface area contributed by atoms with Crippen LogP contribution in [0.5, 0.6) is 0 Å². The summed E-state index contributed by atoms with van der Waals surface area (Å²) in [6.45, 7) is 3.75. The fourth-order valence-corrected chi connectivity index (χ4v) is 2.97. The molecule has 2 atom stereocenters. The maximum atomic E-state index is 12.4. The van der Waals surface area contributed by atoms with E-state index < -0.39 is 26.3 Å². The van der Waals surface area contributed by atoms with E-state index >= 15 is 0 Å². The van der Waals surface area contributed by atoms with E-state index in [1.54, 1.807) is 0 Å². The Labute approximate surface area is 120 Å². The number of alkyl halides is 3. The molecule has 0 aliphatic heterocycles. The SMILES string of the molecule is CC1(C)C(O)CC1Nc1ccc(S(=O)(=O)C(F)(F)F)cc1. The molecule has 21 heavy (non-hydrogen) atoms. The summed E-state index contributed by atoms with van der Waals surface area (Å²) in [5, 5.41) is 12.7. The average molecular weight is 323 g/mol. The van der Waals surface area contributed by atoms with Crippen molar-refractivity contribution in [2.45, 2.75) is 42.8 Å². The molecule has 1 aliphatic carbocycles. The first-order chi connectivity index (χ1) is 9.46.